The van der Waals surface area contributed by atoms with Crippen LogP contribution in [-0.2, 0) is 4.43 Å². The van der Waals surface area contributed by atoms with Gasteiger partial charge in [-0.3, -0.25) is 0 Å². The molecule has 0 radical (unpaired) electrons. The Hall–Kier alpha value is -0.0831. The van der Waals surface area contributed by atoms with Crippen molar-refractivity contribution in [3.63, 3.8) is 0 Å². The fourth-order valence-corrected chi connectivity index (χ4v) is 4.07. The van der Waals surface area contributed by atoms with Crippen molar-refractivity contribution in [2.75, 3.05) is 6.61 Å². The molecule has 0 bridgehead atoms. The highest BCUT2D eigenvalue weighted by Gasteiger charge is 2.41. The first-order valence-electron chi connectivity index (χ1n) is 8.24. The van der Waals surface area contributed by atoms with Gasteiger partial charge in [-0.2, -0.15) is 0 Å². The third kappa shape index (κ3) is 3.76. The van der Waals surface area contributed by atoms with Gasteiger partial charge in [0.25, 0.3) is 0 Å². The molecule has 20 heavy (non-hydrogen) atoms. The Morgan fingerprint density at radius 2 is 1.90 bits per heavy atom. The molecule has 1 nitrogen and oxygen atoms in total. The van der Waals surface area contributed by atoms with E-state index >= 15 is 0 Å². The van der Waals surface area contributed by atoms with Crippen LogP contribution >= 0.6 is 0 Å². The summed E-state index contributed by atoms with van der Waals surface area (Å²) in [6, 6.07) is 0. The maximum atomic E-state index is 6.36. The van der Waals surface area contributed by atoms with E-state index in [4.69, 9.17) is 4.43 Å². The maximum absolute atomic E-state index is 6.36. The Labute approximate surface area is 128 Å². The van der Waals surface area contributed by atoms with Crippen LogP contribution in [0.1, 0.15) is 60.8 Å². The molecule has 0 saturated heterocycles. The van der Waals surface area contributed by atoms with Crippen molar-refractivity contribution < 1.29 is 4.43 Å². The molecule has 1 saturated carbocycles. The molecule has 2 atom stereocenters. The molecular formula is C18H36OSi. The SMILES string of the molecule is C=C1[C@H](C(C)C)CC[C@@]1(C)CCO[Si](C)(C)C(C)(C)C. The molecule has 0 aromatic heterocycles. The van der Waals surface area contributed by atoms with Crippen LogP contribution in [-0.4, -0.2) is 14.9 Å². The summed E-state index contributed by atoms with van der Waals surface area (Å²) >= 11 is 0. The Balaban J connectivity index is 2.57. The van der Waals surface area contributed by atoms with Crippen molar-refractivity contribution in [1.82, 2.24) is 0 Å². The van der Waals surface area contributed by atoms with E-state index in [2.05, 4.69) is 61.2 Å². The second kappa shape index (κ2) is 5.96. The third-order valence-electron chi connectivity index (χ3n) is 5.96. The van der Waals surface area contributed by atoms with Crippen LogP contribution in [0.5, 0.6) is 0 Å². The van der Waals surface area contributed by atoms with Crippen molar-refractivity contribution in [1.29, 1.82) is 0 Å². The van der Waals surface area contributed by atoms with Crippen LogP contribution in [0.2, 0.25) is 18.1 Å². The Morgan fingerprint density at radius 3 is 2.30 bits per heavy atom. The standard InChI is InChI=1S/C18H36OSi/c1-14(2)16-10-11-18(7,15(16)3)12-13-19-20(8,9)17(4,5)6/h14,16H,3,10-13H2,1-2,4-9H3/t16-,18-/m0/s1. The third-order valence-corrected chi connectivity index (χ3v) is 10.5. The van der Waals surface area contributed by atoms with Gasteiger partial charge in [0.2, 0.25) is 0 Å². The average Bonchev–Trinajstić information content (AvgIpc) is 2.54. The van der Waals surface area contributed by atoms with Gasteiger partial charge in [-0.15, -0.1) is 0 Å². The van der Waals surface area contributed by atoms with Gasteiger partial charge in [-0.25, -0.2) is 0 Å². The molecule has 1 aliphatic rings. The van der Waals surface area contributed by atoms with Gasteiger partial charge in [0.15, 0.2) is 8.32 Å². The van der Waals surface area contributed by atoms with E-state index in [9.17, 15) is 0 Å². The first kappa shape index (κ1) is 18.0. The lowest BCUT2D eigenvalue weighted by atomic mass is 9.78. The first-order valence-corrected chi connectivity index (χ1v) is 11.1. The minimum absolute atomic E-state index is 0.303. The summed E-state index contributed by atoms with van der Waals surface area (Å²) in [6.45, 7) is 24.0. The fourth-order valence-electron chi connectivity index (χ4n) is 3.03. The Bertz CT molecular complexity index is 351. The number of allylic oxidation sites excluding steroid dienone is 1. The van der Waals surface area contributed by atoms with Crippen molar-refractivity contribution in [3.05, 3.63) is 12.2 Å². The summed E-state index contributed by atoms with van der Waals surface area (Å²) in [7, 11) is -1.60. The molecule has 2 heteroatoms. The predicted octanol–water partition coefficient (Wildman–Crippen LogP) is 6.03. The smallest absolute Gasteiger partial charge is 0.191 e. The molecular weight excluding hydrogens is 260 g/mol. The van der Waals surface area contributed by atoms with Crippen molar-refractivity contribution in [2.45, 2.75) is 78.9 Å². The van der Waals surface area contributed by atoms with Gasteiger partial charge in [-0.05, 0) is 54.6 Å². The van der Waals surface area contributed by atoms with E-state index in [0.717, 1.165) is 18.9 Å². The average molecular weight is 297 g/mol. The topological polar surface area (TPSA) is 9.23 Å². The van der Waals surface area contributed by atoms with Crippen LogP contribution in [0.3, 0.4) is 0 Å². The lowest BCUT2D eigenvalue weighted by Gasteiger charge is -2.37. The quantitative estimate of drug-likeness (QED) is 0.445. The highest BCUT2D eigenvalue weighted by molar-refractivity contribution is 6.74. The number of rotatable bonds is 5. The Kier molecular flexibility index (Phi) is 5.36. The molecule has 1 fully saturated rings. The van der Waals surface area contributed by atoms with E-state index in [0.29, 0.717) is 16.4 Å². The minimum atomic E-state index is -1.60. The van der Waals surface area contributed by atoms with E-state index in [1.54, 1.807) is 0 Å². The zero-order valence-electron chi connectivity index (χ0n) is 15.1. The molecule has 0 amide bonds. The van der Waals surface area contributed by atoms with Crippen LogP contribution in [0.25, 0.3) is 0 Å². The van der Waals surface area contributed by atoms with Gasteiger partial charge in [0.05, 0.1) is 0 Å². The second-order valence-electron chi connectivity index (χ2n) is 8.83. The van der Waals surface area contributed by atoms with Crippen LogP contribution in [0.4, 0.5) is 0 Å². The zero-order valence-corrected chi connectivity index (χ0v) is 16.1. The van der Waals surface area contributed by atoms with Crippen molar-refractivity contribution in [2.24, 2.45) is 17.3 Å². The normalized spacial score (nSPS) is 28.4. The lowest BCUT2D eigenvalue weighted by molar-refractivity contribution is 0.226. The number of hydrogen-bond donors (Lipinski definition) is 0. The summed E-state index contributed by atoms with van der Waals surface area (Å²) in [5.74, 6) is 1.44. The van der Waals surface area contributed by atoms with Gasteiger partial charge >= 0.3 is 0 Å². The maximum Gasteiger partial charge on any atom is 0.191 e. The van der Waals surface area contributed by atoms with Gasteiger partial charge in [0.1, 0.15) is 0 Å². The molecule has 0 aliphatic heterocycles. The molecule has 0 aromatic rings. The van der Waals surface area contributed by atoms with Gasteiger partial charge in [0, 0.05) is 6.61 Å². The molecule has 1 aliphatic carbocycles. The summed E-state index contributed by atoms with van der Waals surface area (Å²) in [4.78, 5) is 0. The van der Waals surface area contributed by atoms with Crippen LogP contribution < -0.4 is 0 Å². The van der Waals surface area contributed by atoms with Gasteiger partial charge in [-0.1, -0.05) is 53.7 Å². The monoisotopic (exact) mass is 296 g/mol. The van der Waals surface area contributed by atoms with Crippen LogP contribution in [0, 0.1) is 17.3 Å². The van der Waals surface area contributed by atoms with Crippen molar-refractivity contribution >= 4 is 8.32 Å². The molecule has 0 heterocycles. The molecule has 1 rings (SSSR count). The highest BCUT2D eigenvalue weighted by atomic mass is 28.4. The zero-order chi connectivity index (χ0) is 15.8. The molecule has 118 valence electrons. The number of hydrogen-bond acceptors (Lipinski definition) is 1. The highest BCUT2D eigenvalue weighted by Crippen LogP contribution is 2.50. The van der Waals surface area contributed by atoms with E-state index in [1.165, 1.54) is 18.4 Å². The summed E-state index contributed by atoms with van der Waals surface area (Å²) < 4.78 is 6.36. The van der Waals surface area contributed by atoms with Crippen LogP contribution in [0.15, 0.2) is 12.2 Å². The summed E-state index contributed by atoms with van der Waals surface area (Å²) in [5.41, 5.74) is 1.78. The second-order valence-corrected chi connectivity index (χ2v) is 13.6. The molecule has 0 aromatic carbocycles. The Morgan fingerprint density at radius 1 is 1.35 bits per heavy atom. The van der Waals surface area contributed by atoms with E-state index < -0.39 is 8.32 Å². The van der Waals surface area contributed by atoms with Gasteiger partial charge < -0.3 is 4.43 Å². The largest absolute Gasteiger partial charge is 0.417 e. The minimum Gasteiger partial charge on any atom is -0.417 e. The fraction of sp³-hybridized carbons (Fsp3) is 0.889. The molecule has 0 unspecified atom stereocenters. The summed E-state index contributed by atoms with van der Waals surface area (Å²) in [5, 5.41) is 0.307. The van der Waals surface area contributed by atoms with E-state index in [-0.39, 0.29) is 0 Å². The van der Waals surface area contributed by atoms with Crippen molar-refractivity contribution in [3.8, 4) is 0 Å². The van der Waals surface area contributed by atoms with E-state index in [1.807, 2.05) is 0 Å². The summed E-state index contributed by atoms with van der Waals surface area (Å²) in [6.07, 6.45) is 3.74. The first-order chi connectivity index (χ1) is 8.91. The predicted molar refractivity (Wildman–Crippen MR) is 92.6 cm³/mol. The lowest BCUT2D eigenvalue weighted by Crippen LogP contribution is -2.41. The molecule has 0 spiro atoms. The molecule has 0 N–H and O–H groups in total.